The van der Waals surface area contributed by atoms with Crippen molar-refractivity contribution in [3.8, 4) is 0 Å². The van der Waals surface area contributed by atoms with Crippen molar-refractivity contribution in [1.82, 2.24) is 14.4 Å². The Kier molecular flexibility index (Phi) is 2.97. The number of hydrogen-bond donors (Lipinski definition) is 1. The fourth-order valence-electron chi connectivity index (χ4n) is 3.03. The van der Waals surface area contributed by atoms with Crippen molar-refractivity contribution in [2.75, 3.05) is 0 Å². The zero-order valence-electron chi connectivity index (χ0n) is 11.0. The number of carboxylic acids is 1. The number of hydrogen-bond acceptors (Lipinski definition) is 3. The number of aliphatic carboxylic acids is 1. The second kappa shape index (κ2) is 4.64. The molecule has 0 unspecified atom stereocenters. The molecule has 1 fully saturated rings. The average molecular weight is 259 g/mol. The van der Waals surface area contributed by atoms with Gasteiger partial charge in [-0.1, -0.05) is 12.8 Å². The summed E-state index contributed by atoms with van der Waals surface area (Å²) < 4.78 is 1.84. The second-order valence-corrected chi connectivity index (χ2v) is 5.24. The third kappa shape index (κ3) is 2.09. The number of carboxylic acid groups (broad SMARTS) is 1. The van der Waals surface area contributed by atoms with E-state index in [4.69, 9.17) is 5.11 Å². The van der Waals surface area contributed by atoms with Gasteiger partial charge in [-0.2, -0.15) is 0 Å². The lowest BCUT2D eigenvalue weighted by Gasteiger charge is -2.10. The summed E-state index contributed by atoms with van der Waals surface area (Å²) >= 11 is 0. The number of fused-ring (bicyclic) bond motifs is 1. The number of aromatic nitrogens is 3. The molecule has 0 amide bonds. The maximum Gasteiger partial charge on any atom is 0.309 e. The Bertz CT molecular complexity index is 627. The largest absolute Gasteiger partial charge is 0.481 e. The molecule has 5 nitrogen and oxygen atoms in total. The van der Waals surface area contributed by atoms with Crippen LogP contribution in [0.4, 0.5) is 0 Å². The molecule has 5 heteroatoms. The molecule has 1 aliphatic carbocycles. The highest BCUT2D eigenvalue weighted by atomic mass is 16.4. The average Bonchev–Trinajstić information content (AvgIpc) is 2.98. The van der Waals surface area contributed by atoms with E-state index in [-0.39, 0.29) is 6.42 Å². The minimum Gasteiger partial charge on any atom is -0.481 e. The first-order valence-corrected chi connectivity index (χ1v) is 6.70. The molecule has 0 aromatic carbocycles. The van der Waals surface area contributed by atoms with Crippen LogP contribution in [0.25, 0.3) is 5.65 Å². The van der Waals surface area contributed by atoms with Crippen molar-refractivity contribution in [1.29, 1.82) is 0 Å². The number of aryl methyl sites for hydroxylation is 1. The van der Waals surface area contributed by atoms with Crippen molar-refractivity contribution in [2.45, 2.75) is 44.9 Å². The van der Waals surface area contributed by atoms with Crippen molar-refractivity contribution in [3.63, 3.8) is 0 Å². The minimum atomic E-state index is -0.837. The van der Waals surface area contributed by atoms with Crippen molar-refractivity contribution < 1.29 is 9.90 Å². The standard InChI is InChI=1S/C14H17N3O2/c1-9-12(6-13(18)19)17-8-15-7-11(14(17)16-9)10-4-2-3-5-10/h7-8,10H,2-6H2,1H3,(H,18,19). The Labute approximate surface area is 111 Å². The van der Waals surface area contributed by atoms with Gasteiger partial charge in [0.2, 0.25) is 0 Å². The summed E-state index contributed by atoms with van der Waals surface area (Å²) in [5.74, 6) is -0.313. The number of carbonyl (C=O) groups is 1. The SMILES string of the molecule is Cc1nc2c(C3CCCC3)cncn2c1CC(=O)O. The first-order valence-electron chi connectivity index (χ1n) is 6.70. The molecule has 0 aliphatic heterocycles. The smallest absolute Gasteiger partial charge is 0.309 e. The summed E-state index contributed by atoms with van der Waals surface area (Å²) in [5, 5.41) is 8.99. The summed E-state index contributed by atoms with van der Waals surface area (Å²) in [6.07, 6.45) is 8.43. The van der Waals surface area contributed by atoms with E-state index in [9.17, 15) is 4.79 Å². The van der Waals surface area contributed by atoms with E-state index in [2.05, 4.69) is 9.97 Å². The van der Waals surface area contributed by atoms with Crippen LogP contribution in [0.1, 0.15) is 48.6 Å². The van der Waals surface area contributed by atoms with E-state index in [1.54, 1.807) is 6.33 Å². The molecule has 0 bridgehead atoms. The maximum atomic E-state index is 10.9. The van der Waals surface area contributed by atoms with Gasteiger partial charge in [0.05, 0.1) is 17.8 Å². The van der Waals surface area contributed by atoms with Gasteiger partial charge >= 0.3 is 5.97 Å². The van der Waals surface area contributed by atoms with Gasteiger partial charge in [0.15, 0.2) is 0 Å². The fraction of sp³-hybridized carbons (Fsp3) is 0.500. The quantitative estimate of drug-likeness (QED) is 0.918. The number of rotatable bonds is 3. The zero-order valence-corrected chi connectivity index (χ0v) is 11.0. The van der Waals surface area contributed by atoms with Crippen molar-refractivity contribution in [3.05, 3.63) is 29.5 Å². The Hall–Kier alpha value is -1.91. The lowest BCUT2D eigenvalue weighted by molar-refractivity contribution is -0.136. The van der Waals surface area contributed by atoms with Crippen LogP contribution in [0, 0.1) is 6.92 Å². The summed E-state index contributed by atoms with van der Waals surface area (Å²) in [7, 11) is 0. The monoisotopic (exact) mass is 259 g/mol. The lowest BCUT2D eigenvalue weighted by atomic mass is 10.0. The van der Waals surface area contributed by atoms with Crippen LogP contribution in [0.3, 0.4) is 0 Å². The Morgan fingerprint density at radius 1 is 1.47 bits per heavy atom. The zero-order chi connectivity index (χ0) is 13.4. The number of nitrogens with zero attached hydrogens (tertiary/aromatic N) is 3. The molecule has 2 aromatic heterocycles. The van der Waals surface area contributed by atoms with Gasteiger partial charge < -0.3 is 5.11 Å². The summed E-state index contributed by atoms with van der Waals surface area (Å²) in [6.45, 7) is 1.86. The van der Waals surface area contributed by atoms with Crippen LogP contribution >= 0.6 is 0 Å². The Morgan fingerprint density at radius 3 is 2.89 bits per heavy atom. The molecule has 0 atom stereocenters. The lowest BCUT2D eigenvalue weighted by Crippen LogP contribution is -2.06. The fourth-order valence-corrected chi connectivity index (χ4v) is 3.03. The van der Waals surface area contributed by atoms with Crippen LogP contribution in [-0.2, 0) is 11.2 Å². The maximum absolute atomic E-state index is 10.9. The minimum absolute atomic E-state index is 0.0111. The van der Waals surface area contributed by atoms with E-state index in [0.717, 1.165) is 17.0 Å². The molecule has 2 heterocycles. The second-order valence-electron chi connectivity index (χ2n) is 5.24. The van der Waals surface area contributed by atoms with E-state index in [0.29, 0.717) is 5.92 Å². The first-order chi connectivity index (χ1) is 9.16. The van der Waals surface area contributed by atoms with Gasteiger partial charge in [-0.05, 0) is 25.7 Å². The highest BCUT2D eigenvalue weighted by Crippen LogP contribution is 2.35. The Balaban J connectivity index is 2.13. The molecule has 1 saturated carbocycles. The van der Waals surface area contributed by atoms with Gasteiger partial charge in [0, 0.05) is 11.8 Å². The normalized spacial score (nSPS) is 16.3. The number of imidazole rings is 1. The summed E-state index contributed by atoms with van der Waals surface area (Å²) in [6, 6.07) is 0. The predicted molar refractivity (Wildman–Crippen MR) is 70.3 cm³/mol. The van der Waals surface area contributed by atoms with E-state index in [1.165, 1.54) is 31.2 Å². The van der Waals surface area contributed by atoms with Crippen LogP contribution in [-0.4, -0.2) is 25.4 Å². The van der Waals surface area contributed by atoms with Gasteiger partial charge in [0.25, 0.3) is 0 Å². The molecule has 3 rings (SSSR count). The molecule has 2 aromatic rings. The summed E-state index contributed by atoms with van der Waals surface area (Å²) in [5.41, 5.74) is 3.57. The Morgan fingerprint density at radius 2 is 2.21 bits per heavy atom. The third-order valence-corrected chi connectivity index (χ3v) is 3.98. The van der Waals surface area contributed by atoms with Gasteiger partial charge in [-0.3, -0.25) is 9.20 Å². The molecule has 0 spiro atoms. The van der Waals surface area contributed by atoms with E-state index >= 15 is 0 Å². The van der Waals surface area contributed by atoms with Crippen molar-refractivity contribution in [2.24, 2.45) is 0 Å². The molecule has 0 radical (unpaired) electrons. The van der Waals surface area contributed by atoms with Crippen molar-refractivity contribution >= 4 is 11.6 Å². The van der Waals surface area contributed by atoms with E-state index < -0.39 is 5.97 Å². The van der Waals surface area contributed by atoms with Gasteiger partial charge in [0.1, 0.15) is 12.0 Å². The van der Waals surface area contributed by atoms with Crippen LogP contribution in [0.5, 0.6) is 0 Å². The highest BCUT2D eigenvalue weighted by Gasteiger charge is 2.22. The van der Waals surface area contributed by atoms with Crippen LogP contribution in [0.2, 0.25) is 0 Å². The van der Waals surface area contributed by atoms with Gasteiger partial charge in [-0.15, -0.1) is 0 Å². The van der Waals surface area contributed by atoms with E-state index in [1.807, 2.05) is 17.5 Å². The molecule has 19 heavy (non-hydrogen) atoms. The molecule has 0 saturated heterocycles. The molecule has 1 N–H and O–H groups in total. The first kappa shape index (κ1) is 12.1. The molecule has 1 aliphatic rings. The highest BCUT2D eigenvalue weighted by molar-refractivity contribution is 5.70. The third-order valence-electron chi connectivity index (χ3n) is 3.98. The van der Waals surface area contributed by atoms with Crippen LogP contribution in [0.15, 0.2) is 12.5 Å². The summed E-state index contributed by atoms with van der Waals surface area (Å²) in [4.78, 5) is 19.8. The van der Waals surface area contributed by atoms with Gasteiger partial charge in [-0.25, -0.2) is 9.97 Å². The molecular formula is C14H17N3O2. The predicted octanol–water partition coefficient (Wildman–Crippen LogP) is 2.32. The molecular weight excluding hydrogens is 242 g/mol. The topological polar surface area (TPSA) is 67.5 Å². The molecule has 100 valence electrons. The van der Waals surface area contributed by atoms with Crippen LogP contribution < -0.4 is 0 Å².